The van der Waals surface area contributed by atoms with Crippen LogP contribution in [-0.2, 0) is 4.57 Å². The van der Waals surface area contributed by atoms with Crippen LogP contribution in [0, 0.1) is 0 Å². The quantitative estimate of drug-likeness (QED) is 0.516. The molecular weight excluding hydrogens is 216 g/mol. The summed E-state index contributed by atoms with van der Waals surface area (Å²) in [5.74, 6) is 0.357. The lowest BCUT2D eigenvalue weighted by Gasteiger charge is -2.05. The van der Waals surface area contributed by atoms with Crippen LogP contribution in [0.4, 0.5) is 0 Å². The van der Waals surface area contributed by atoms with Crippen molar-refractivity contribution in [1.29, 1.82) is 0 Å². The molecule has 1 aromatic heterocycles. The summed E-state index contributed by atoms with van der Waals surface area (Å²) in [6, 6.07) is 0. The topological polar surface area (TPSA) is 99.1 Å². The van der Waals surface area contributed by atoms with Crippen molar-refractivity contribution in [2.75, 3.05) is 6.16 Å². The third kappa shape index (κ3) is 3.87. The minimum absolute atomic E-state index is 0.156. The summed E-state index contributed by atoms with van der Waals surface area (Å²) in [4.78, 5) is 20.9. The van der Waals surface area contributed by atoms with Gasteiger partial charge in [0.1, 0.15) is 6.33 Å². The Bertz CT molecular complexity index is 298. The number of hydrogen-bond donors (Lipinski definition) is 3. The molecule has 8 heteroatoms. The SMILES string of the molecule is O=P(O)(O)CCC(Cl)c1nc[nH]n1. The maximum Gasteiger partial charge on any atom is 0.325 e. The molecule has 1 atom stereocenters. The zero-order chi connectivity index (χ0) is 9.90. The molecule has 1 aromatic rings. The Morgan fingerprint density at radius 3 is 2.85 bits per heavy atom. The largest absolute Gasteiger partial charge is 0.325 e. The van der Waals surface area contributed by atoms with E-state index < -0.39 is 13.0 Å². The fourth-order valence-corrected chi connectivity index (χ4v) is 1.74. The van der Waals surface area contributed by atoms with Gasteiger partial charge in [0.2, 0.25) is 0 Å². The molecule has 0 saturated carbocycles. The van der Waals surface area contributed by atoms with Gasteiger partial charge in [-0.05, 0) is 6.42 Å². The van der Waals surface area contributed by atoms with Crippen molar-refractivity contribution in [3.63, 3.8) is 0 Å². The summed E-state index contributed by atoms with van der Waals surface area (Å²) >= 11 is 5.77. The number of nitrogens with one attached hydrogen (secondary N) is 1. The summed E-state index contributed by atoms with van der Waals surface area (Å²) in [5.41, 5.74) is 0. The highest BCUT2D eigenvalue weighted by molar-refractivity contribution is 7.51. The summed E-state index contributed by atoms with van der Waals surface area (Å²) in [7, 11) is -3.97. The number of aromatic amines is 1. The highest BCUT2D eigenvalue weighted by atomic mass is 35.5. The van der Waals surface area contributed by atoms with Gasteiger partial charge in [-0.2, -0.15) is 5.10 Å². The van der Waals surface area contributed by atoms with Gasteiger partial charge in [-0.1, -0.05) is 0 Å². The molecule has 0 aliphatic rings. The first-order chi connectivity index (χ1) is 5.99. The van der Waals surface area contributed by atoms with E-state index >= 15 is 0 Å². The van der Waals surface area contributed by atoms with Crippen LogP contribution in [-0.4, -0.2) is 31.1 Å². The number of rotatable bonds is 4. The maximum atomic E-state index is 10.5. The predicted octanol–water partition coefficient (Wildman–Crippen LogP) is 0.652. The lowest BCUT2D eigenvalue weighted by atomic mass is 10.3. The van der Waals surface area contributed by atoms with E-state index in [2.05, 4.69) is 15.2 Å². The molecule has 0 aliphatic carbocycles. The molecule has 3 N–H and O–H groups in total. The molecule has 0 aliphatic heterocycles. The van der Waals surface area contributed by atoms with Crippen molar-refractivity contribution < 1.29 is 14.4 Å². The van der Waals surface area contributed by atoms with Crippen LogP contribution in [0.3, 0.4) is 0 Å². The fraction of sp³-hybridized carbons (Fsp3) is 0.600. The molecule has 0 saturated heterocycles. The van der Waals surface area contributed by atoms with Crippen LogP contribution in [0.5, 0.6) is 0 Å². The number of aromatic nitrogens is 3. The van der Waals surface area contributed by atoms with Crippen molar-refractivity contribution in [2.24, 2.45) is 0 Å². The van der Waals surface area contributed by atoms with Crippen LogP contribution < -0.4 is 0 Å². The van der Waals surface area contributed by atoms with Gasteiger partial charge < -0.3 is 9.79 Å². The predicted molar refractivity (Wildman–Crippen MR) is 46.5 cm³/mol. The molecule has 1 heterocycles. The van der Waals surface area contributed by atoms with E-state index in [-0.39, 0.29) is 12.6 Å². The van der Waals surface area contributed by atoms with Crippen LogP contribution in [0.2, 0.25) is 0 Å². The van der Waals surface area contributed by atoms with Crippen LogP contribution in [0.25, 0.3) is 0 Å². The Hall–Kier alpha value is -0.420. The van der Waals surface area contributed by atoms with Gasteiger partial charge >= 0.3 is 7.60 Å². The molecule has 0 bridgehead atoms. The van der Waals surface area contributed by atoms with Gasteiger partial charge in [0.15, 0.2) is 5.82 Å². The van der Waals surface area contributed by atoms with Crippen molar-refractivity contribution in [1.82, 2.24) is 15.2 Å². The molecular formula is C5H9ClN3O3P. The summed E-state index contributed by atoms with van der Waals surface area (Å²) in [6.45, 7) is 0. The van der Waals surface area contributed by atoms with E-state index in [1.165, 1.54) is 6.33 Å². The molecule has 0 radical (unpaired) electrons. The first kappa shape index (κ1) is 10.7. The standard InChI is InChI=1S/C5H9ClN3O3P/c6-4(1-2-13(10,11)12)5-7-3-8-9-5/h3-4H,1-2H2,(H,7,8,9)(H2,10,11,12). The normalized spacial score (nSPS) is 14.4. The second-order valence-corrected chi connectivity index (χ2v) is 4.81. The number of H-pyrrole nitrogens is 1. The number of nitrogens with zero attached hydrogens (tertiary/aromatic N) is 2. The lowest BCUT2D eigenvalue weighted by molar-refractivity contribution is 0.371. The third-order valence-corrected chi connectivity index (χ3v) is 2.64. The molecule has 74 valence electrons. The van der Waals surface area contributed by atoms with E-state index in [9.17, 15) is 4.57 Å². The van der Waals surface area contributed by atoms with Gasteiger partial charge in [-0.25, -0.2) is 4.98 Å². The highest BCUT2D eigenvalue weighted by Gasteiger charge is 2.18. The van der Waals surface area contributed by atoms with Gasteiger partial charge in [-0.3, -0.25) is 9.66 Å². The Labute approximate surface area is 79.5 Å². The molecule has 0 spiro atoms. The summed E-state index contributed by atoms with van der Waals surface area (Å²) < 4.78 is 10.5. The second kappa shape index (κ2) is 4.19. The zero-order valence-electron chi connectivity index (χ0n) is 6.59. The van der Waals surface area contributed by atoms with Crippen LogP contribution in [0.1, 0.15) is 17.6 Å². The van der Waals surface area contributed by atoms with Gasteiger partial charge in [0, 0.05) is 0 Å². The highest BCUT2D eigenvalue weighted by Crippen LogP contribution is 2.38. The minimum Gasteiger partial charge on any atom is -0.324 e. The van der Waals surface area contributed by atoms with Crippen LogP contribution >= 0.6 is 19.2 Å². The Balaban J connectivity index is 2.43. The smallest absolute Gasteiger partial charge is 0.324 e. The van der Waals surface area contributed by atoms with E-state index in [1.807, 2.05) is 0 Å². The molecule has 0 aromatic carbocycles. The lowest BCUT2D eigenvalue weighted by Crippen LogP contribution is -1.97. The second-order valence-electron chi connectivity index (χ2n) is 2.50. The van der Waals surface area contributed by atoms with E-state index in [0.717, 1.165) is 0 Å². The third-order valence-electron chi connectivity index (χ3n) is 1.39. The number of halogens is 1. The van der Waals surface area contributed by atoms with Crippen LogP contribution in [0.15, 0.2) is 6.33 Å². The van der Waals surface area contributed by atoms with Gasteiger partial charge in [-0.15, -0.1) is 11.6 Å². The van der Waals surface area contributed by atoms with Crippen molar-refractivity contribution >= 4 is 19.2 Å². The van der Waals surface area contributed by atoms with Gasteiger partial charge in [0.05, 0.1) is 11.5 Å². The van der Waals surface area contributed by atoms with Gasteiger partial charge in [0.25, 0.3) is 0 Å². The van der Waals surface area contributed by atoms with Crippen molar-refractivity contribution in [2.45, 2.75) is 11.8 Å². The molecule has 1 unspecified atom stereocenters. The average Bonchev–Trinajstić information content (AvgIpc) is 2.50. The number of hydrogen-bond acceptors (Lipinski definition) is 3. The fourth-order valence-electron chi connectivity index (χ4n) is 0.780. The minimum atomic E-state index is -3.97. The maximum absolute atomic E-state index is 10.5. The zero-order valence-corrected chi connectivity index (χ0v) is 8.24. The van der Waals surface area contributed by atoms with E-state index in [0.29, 0.717) is 5.82 Å². The van der Waals surface area contributed by atoms with E-state index in [1.54, 1.807) is 0 Å². The first-order valence-electron chi connectivity index (χ1n) is 3.53. The molecule has 0 fully saturated rings. The van der Waals surface area contributed by atoms with Crippen molar-refractivity contribution in [3.05, 3.63) is 12.2 Å². The monoisotopic (exact) mass is 225 g/mol. The Morgan fingerprint density at radius 1 is 1.69 bits per heavy atom. The number of alkyl halides is 1. The first-order valence-corrected chi connectivity index (χ1v) is 5.77. The molecule has 0 amide bonds. The Kier molecular flexibility index (Phi) is 3.44. The summed E-state index contributed by atoms with van der Waals surface area (Å²) in [6.07, 6.45) is 1.27. The molecule has 6 nitrogen and oxygen atoms in total. The average molecular weight is 226 g/mol. The molecule has 1 rings (SSSR count). The molecule has 13 heavy (non-hydrogen) atoms. The Morgan fingerprint density at radius 2 is 2.38 bits per heavy atom. The summed E-state index contributed by atoms with van der Waals surface area (Å²) in [5, 5.41) is 5.61. The van der Waals surface area contributed by atoms with Crippen molar-refractivity contribution in [3.8, 4) is 0 Å². The van der Waals surface area contributed by atoms with E-state index in [4.69, 9.17) is 21.4 Å².